The van der Waals surface area contributed by atoms with Gasteiger partial charge in [-0.15, -0.1) is 0 Å². The predicted octanol–water partition coefficient (Wildman–Crippen LogP) is -2.10. The molecule has 1 aliphatic rings. The second-order valence-corrected chi connectivity index (χ2v) is 6.76. The van der Waals surface area contributed by atoms with Crippen molar-refractivity contribution < 1.29 is 27.6 Å². The zero-order valence-electron chi connectivity index (χ0n) is 12.4. The van der Waals surface area contributed by atoms with E-state index >= 15 is 0 Å². The van der Waals surface area contributed by atoms with Gasteiger partial charge in [0.15, 0.2) is 6.54 Å². The first kappa shape index (κ1) is 17.2. The maximum absolute atomic E-state index is 11.9. The number of nitrogens with two attached hydrogens (primary N) is 1. The molecule has 1 aromatic carbocycles. The lowest BCUT2D eigenvalue weighted by molar-refractivity contribution is -0.899. The first-order valence-electron chi connectivity index (χ1n) is 7.00. The Balaban J connectivity index is 1.94. The van der Waals surface area contributed by atoms with Crippen molar-refractivity contribution in [3.63, 3.8) is 0 Å². The van der Waals surface area contributed by atoms with Gasteiger partial charge in [0.25, 0.3) is 15.9 Å². The lowest BCUT2D eigenvalue weighted by atomic mass is 10.3. The van der Waals surface area contributed by atoms with Gasteiger partial charge >= 0.3 is 6.03 Å². The Kier molecular flexibility index (Phi) is 5.53. The third-order valence-electron chi connectivity index (χ3n) is 3.29. The van der Waals surface area contributed by atoms with Crippen molar-refractivity contribution in [1.29, 1.82) is 0 Å². The van der Waals surface area contributed by atoms with Gasteiger partial charge in [-0.3, -0.25) is 4.79 Å². The standard InChI is InChI=1S/C13H18N4O5S/c14-13(19)16-23(20,21)11-3-1-10(2-4-11)15-12(18)9-17-5-7-22-8-6-17/h1-4H,5-9H2,(H,15,18)(H3,14,16,19)/p+1. The molecule has 0 saturated carbocycles. The first-order valence-corrected chi connectivity index (χ1v) is 8.48. The van der Waals surface area contributed by atoms with Crippen molar-refractivity contribution >= 4 is 27.6 Å². The van der Waals surface area contributed by atoms with E-state index in [1.165, 1.54) is 24.3 Å². The number of carbonyl (C=O) groups excluding carboxylic acids is 2. The lowest BCUT2D eigenvalue weighted by Gasteiger charge is -2.23. The smallest absolute Gasteiger partial charge is 0.326 e. The fraction of sp³-hybridized carbons (Fsp3) is 0.385. The maximum atomic E-state index is 11.9. The monoisotopic (exact) mass is 343 g/mol. The van der Waals surface area contributed by atoms with Crippen LogP contribution in [0.5, 0.6) is 0 Å². The number of urea groups is 1. The quantitative estimate of drug-likeness (QED) is 0.486. The highest BCUT2D eigenvalue weighted by Crippen LogP contribution is 2.13. The van der Waals surface area contributed by atoms with Gasteiger partial charge in [0.1, 0.15) is 13.1 Å². The molecule has 10 heteroatoms. The summed E-state index contributed by atoms with van der Waals surface area (Å²) in [6, 6.07) is 4.30. The molecule has 126 valence electrons. The van der Waals surface area contributed by atoms with Gasteiger partial charge in [0.2, 0.25) is 0 Å². The molecule has 3 amide bonds. The van der Waals surface area contributed by atoms with Crippen LogP contribution in [0.3, 0.4) is 0 Å². The molecule has 5 N–H and O–H groups in total. The van der Waals surface area contributed by atoms with Crippen molar-refractivity contribution in [3.8, 4) is 0 Å². The molecule has 1 aromatic rings. The second-order valence-electron chi connectivity index (χ2n) is 5.08. The highest BCUT2D eigenvalue weighted by atomic mass is 32.2. The van der Waals surface area contributed by atoms with Gasteiger partial charge in [0.05, 0.1) is 18.1 Å². The number of benzene rings is 1. The van der Waals surface area contributed by atoms with Crippen LogP contribution in [-0.2, 0) is 19.6 Å². The van der Waals surface area contributed by atoms with Gasteiger partial charge in [-0.1, -0.05) is 0 Å². The number of amides is 3. The van der Waals surface area contributed by atoms with Crippen molar-refractivity contribution in [1.82, 2.24) is 4.72 Å². The Labute approximate surface area is 133 Å². The molecule has 1 fully saturated rings. The van der Waals surface area contributed by atoms with Gasteiger partial charge in [-0.05, 0) is 24.3 Å². The van der Waals surface area contributed by atoms with Crippen LogP contribution in [-0.4, -0.2) is 53.2 Å². The number of hydrogen-bond donors (Lipinski definition) is 4. The number of anilines is 1. The Morgan fingerprint density at radius 2 is 1.78 bits per heavy atom. The van der Waals surface area contributed by atoms with Crippen molar-refractivity contribution in [2.45, 2.75) is 4.90 Å². The van der Waals surface area contributed by atoms with Crippen molar-refractivity contribution in [3.05, 3.63) is 24.3 Å². The fourth-order valence-electron chi connectivity index (χ4n) is 2.18. The summed E-state index contributed by atoms with van der Waals surface area (Å²) in [5.74, 6) is -0.159. The number of hydrogen-bond acceptors (Lipinski definition) is 5. The lowest BCUT2D eigenvalue weighted by Crippen LogP contribution is -3.15. The Morgan fingerprint density at radius 3 is 2.35 bits per heavy atom. The van der Waals surface area contributed by atoms with E-state index in [9.17, 15) is 18.0 Å². The summed E-state index contributed by atoms with van der Waals surface area (Å²) in [6.45, 7) is 3.17. The van der Waals surface area contributed by atoms with Gasteiger partial charge < -0.3 is 20.7 Å². The van der Waals surface area contributed by atoms with Crippen molar-refractivity contribution in [2.75, 3.05) is 38.2 Å². The average molecular weight is 343 g/mol. The van der Waals surface area contributed by atoms with Crippen LogP contribution >= 0.6 is 0 Å². The molecule has 0 aromatic heterocycles. The van der Waals surface area contributed by atoms with Crippen LogP contribution in [0, 0.1) is 0 Å². The molecule has 0 atom stereocenters. The second kappa shape index (κ2) is 7.40. The molecule has 1 saturated heterocycles. The zero-order valence-corrected chi connectivity index (χ0v) is 13.2. The van der Waals surface area contributed by atoms with Gasteiger partial charge in [-0.2, -0.15) is 0 Å². The molecule has 0 spiro atoms. The summed E-state index contributed by atoms with van der Waals surface area (Å²) < 4.78 is 30.3. The number of primary amides is 1. The van der Waals surface area contributed by atoms with Crippen LogP contribution < -0.4 is 20.7 Å². The van der Waals surface area contributed by atoms with E-state index in [-0.39, 0.29) is 10.8 Å². The Hall–Kier alpha value is -2.17. The molecule has 23 heavy (non-hydrogen) atoms. The van der Waals surface area contributed by atoms with E-state index < -0.39 is 16.1 Å². The van der Waals surface area contributed by atoms with E-state index in [0.717, 1.165) is 18.0 Å². The highest BCUT2D eigenvalue weighted by molar-refractivity contribution is 7.90. The molecule has 0 unspecified atom stereocenters. The number of carbonyl (C=O) groups is 2. The number of sulfonamides is 1. The Bertz CT molecular complexity index is 668. The van der Waals surface area contributed by atoms with Crippen LogP contribution in [0.1, 0.15) is 0 Å². The molecule has 0 bridgehead atoms. The summed E-state index contributed by atoms with van der Waals surface area (Å²) in [7, 11) is -3.98. The van der Waals surface area contributed by atoms with Gasteiger partial charge in [0, 0.05) is 5.69 Å². The number of rotatable bonds is 5. The fourth-order valence-corrected chi connectivity index (χ4v) is 3.05. The largest absolute Gasteiger partial charge is 0.370 e. The third-order valence-corrected chi connectivity index (χ3v) is 4.66. The van der Waals surface area contributed by atoms with Crippen LogP contribution in [0.25, 0.3) is 0 Å². The Morgan fingerprint density at radius 1 is 1.17 bits per heavy atom. The molecular weight excluding hydrogens is 324 g/mol. The molecule has 1 aliphatic heterocycles. The first-order chi connectivity index (χ1) is 10.9. The minimum Gasteiger partial charge on any atom is -0.370 e. The van der Waals surface area contributed by atoms with E-state index in [2.05, 4.69) is 5.32 Å². The summed E-state index contributed by atoms with van der Waals surface area (Å²) in [4.78, 5) is 23.6. The van der Waals surface area contributed by atoms with Crippen LogP contribution in [0.2, 0.25) is 0 Å². The van der Waals surface area contributed by atoms with Crippen LogP contribution in [0.4, 0.5) is 10.5 Å². The summed E-state index contributed by atoms with van der Waals surface area (Å²) in [6.07, 6.45) is 0. The van der Waals surface area contributed by atoms with E-state index in [0.29, 0.717) is 25.4 Å². The maximum Gasteiger partial charge on any atom is 0.326 e. The molecule has 1 heterocycles. The molecule has 0 aliphatic carbocycles. The highest BCUT2D eigenvalue weighted by Gasteiger charge is 2.18. The summed E-state index contributed by atoms with van der Waals surface area (Å²) >= 11 is 0. The molecule has 9 nitrogen and oxygen atoms in total. The van der Waals surface area contributed by atoms with Crippen molar-refractivity contribution in [2.24, 2.45) is 5.73 Å². The topological polar surface area (TPSA) is 132 Å². The van der Waals surface area contributed by atoms with Crippen LogP contribution in [0.15, 0.2) is 29.2 Å². The SMILES string of the molecule is NC(=O)NS(=O)(=O)c1ccc(NC(=O)C[NH+]2CCOCC2)cc1. The van der Waals surface area contributed by atoms with Gasteiger partial charge in [-0.25, -0.2) is 17.9 Å². The summed E-state index contributed by atoms with van der Waals surface area (Å²) in [5.41, 5.74) is 5.28. The molecule has 0 radical (unpaired) electrons. The molecular formula is C13H19N4O5S+. The average Bonchev–Trinajstić information content (AvgIpc) is 2.47. The number of ether oxygens (including phenoxy) is 1. The normalized spacial score (nSPS) is 15.8. The minimum absolute atomic E-state index is 0.117. The molecule has 2 rings (SSSR count). The number of nitrogens with one attached hydrogen (secondary N) is 3. The van der Waals surface area contributed by atoms with E-state index in [1.54, 1.807) is 4.72 Å². The van der Waals surface area contributed by atoms with E-state index in [1.807, 2.05) is 0 Å². The zero-order chi connectivity index (χ0) is 16.9. The third kappa shape index (κ3) is 5.20. The number of morpholine rings is 1. The number of quaternary nitrogens is 1. The predicted molar refractivity (Wildman–Crippen MR) is 81.4 cm³/mol. The minimum atomic E-state index is -3.98. The summed E-state index contributed by atoms with van der Waals surface area (Å²) in [5, 5.41) is 2.70. The van der Waals surface area contributed by atoms with E-state index in [4.69, 9.17) is 10.5 Å².